The summed E-state index contributed by atoms with van der Waals surface area (Å²) >= 11 is 0. The Morgan fingerprint density at radius 2 is 1.47 bits per heavy atom. The van der Waals surface area contributed by atoms with Crippen LogP contribution in [0.5, 0.6) is 5.75 Å². The monoisotopic (exact) mass is 438 g/mol. The number of aryl methyl sites for hydroxylation is 1. The molecule has 4 heteroatoms. The number of unbranched alkanes of at least 4 members (excludes halogenated alkanes) is 7. The van der Waals surface area contributed by atoms with Gasteiger partial charge in [0, 0.05) is 6.61 Å². The third-order valence-corrected chi connectivity index (χ3v) is 5.83. The molecule has 1 unspecified atom stereocenters. The van der Waals surface area contributed by atoms with Gasteiger partial charge < -0.3 is 9.84 Å². The maximum atomic E-state index is 9.08. The van der Waals surface area contributed by atoms with Crippen LogP contribution in [0.1, 0.15) is 90.0 Å². The highest BCUT2D eigenvalue weighted by molar-refractivity contribution is 5.51. The lowest BCUT2D eigenvalue weighted by molar-refractivity contribution is 0.170. The fourth-order valence-corrected chi connectivity index (χ4v) is 3.79. The van der Waals surface area contributed by atoms with Gasteiger partial charge in [-0.05, 0) is 61.9 Å². The van der Waals surface area contributed by atoms with Crippen LogP contribution in [0.15, 0.2) is 58.8 Å². The van der Waals surface area contributed by atoms with E-state index in [-0.39, 0.29) is 12.7 Å². The molecule has 0 bridgehead atoms. The standard InChI is InChI=1S/C28H42N2O2/c1-3-5-6-7-8-9-10-11-15-24-19-21-25(22-20-24)29-30-27-17-12-13-18-28(27)32-26(4-2)16-14-23-31/h12-13,17-22,26,31H,3-11,14-16,23H2,1-2H3. The minimum Gasteiger partial charge on any atom is -0.488 e. The Bertz CT molecular complexity index is 758. The number of rotatable bonds is 17. The summed E-state index contributed by atoms with van der Waals surface area (Å²) in [6.45, 7) is 4.56. The molecule has 0 aliphatic carbocycles. The topological polar surface area (TPSA) is 54.2 Å². The number of aliphatic hydroxyl groups excluding tert-OH is 1. The molecule has 32 heavy (non-hydrogen) atoms. The number of benzene rings is 2. The Morgan fingerprint density at radius 3 is 2.16 bits per heavy atom. The summed E-state index contributed by atoms with van der Waals surface area (Å²) in [5.74, 6) is 0.743. The maximum Gasteiger partial charge on any atom is 0.147 e. The largest absolute Gasteiger partial charge is 0.488 e. The molecule has 4 nitrogen and oxygen atoms in total. The number of ether oxygens (including phenoxy) is 1. The molecule has 0 spiro atoms. The van der Waals surface area contributed by atoms with Crippen LogP contribution in [0, 0.1) is 0 Å². The Hall–Kier alpha value is -2.20. The van der Waals surface area contributed by atoms with Gasteiger partial charge in [-0.25, -0.2) is 0 Å². The molecule has 0 saturated heterocycles. The van der Waals surface area contributed by atoms with Crippen LogP contribution in [-0.2, 0) is 6.42 Å². The van der Waals surface area contributed by atoms with Gasteiger partial charge in [0.15, 0.2) is 0 Å². The van der Waals surface area contributed by atoms with E-state index < -0.39 is 0 Å². The Kier molecular flexibility index (Phi) is 13.4. The molecule has 1 N–H and O–H groups in total. The van der Waals surface area contributed by atoms with E-state index in [0.717, 1.165) is 42.8 Å². The fraction of sp³-hybridized carbons (Fsp3) is 0.571. The van der Waals surface area contributed by atoms with Crippen molar-refractivity contribution < 1.29 is 9.84 Å². The first-order valence-electron chi connectivity index (χ1n) is 12.6. The quantitative estimate of drug-likeness (QED) is 0.198. The number of para-hydroxylation sites is 1. The van der Waals surface area contributed by atoms with E-state index >= 15 is 0 Å². The summed E-state index contributed by atoms with van der Waals surface area (Å²) in [7, 11) is 0. The molecular weight excluding hydrogens is 396 g/mol. The molecule has 0 heterocycles. The molecule has 176 valence electrons. The van der Waals surface area contributed by atoms with Gasteiger partial charge in [-0.1, -0.05) is 83.1 Å². The Balaban J connectivity index is 1.81. The second-order valence-corrected chi connectivity index (χ2v) is 8.57. The van der Waals surface area contributed by atoms with Gasteiger partial charge >= 0.3 is 0 Å². The first-order chi connectivity index (χ1) is 15.8. The van der Waals surface area contributed by atoms with Gasteiger partial charge in [-0.2, -0.15) is 5.11 Å². The molecule has 0 radical (unpaired) electrons. The third kappa shape index (κ3) is 10.4. The summed E-state index contributed by atoms with van der Waals surface area (Å²) < 4.78 is 6.13. The molecule has 1 atom stereocenters. The summed E-state index contributed by atoms with van der Waals surface area (Å²) in [6, 6.07) is 16.2. The highest BCUT2D eigenvalue weighted by Crippen LogP contribution is 2.30. The first kappa shape index (κ1) is 26.1. The lowest BCUT2D eigenvalue weighted by Crippen LogP contribution is -2.15. The maximum absolute atomic E-state index is 9.08. The molecule has 0 fully saturated rings. The minimum atomic E-state index is 0.0779. The van der Waals surface area contributed by atoms with Crippen molar-refractivity contribution >= 4 is 11.4 Å². The smallest absolute Gasteiger partial charge is 0.147 e. The molecule has 0 aromatic heterocycles. The molecule has 0 saturated carbocycles. The molecule has 2 aromatic carbocycles. The molecule has 2 rings (SSSR count). The van der Waals surface area contributed by atoms with E-state index in [4.69, 9.17) is 9.84 Å². The van der Waals surface area contributed by atoms with Crippen molar-refractivity contribution in [2.45, 2.75) is 97.0 Å². The van der Waals surface area contributed by atoms with Gasteiger partial charge in [0.05, 0.1) is 11.8 Å². The van der Waals surface area contributed by atoms with Crippen LogP contribution in [0.25, 0.3) is 0 Å². The molecule has 0 aliphatic heterocycles. The number of azo groups is 1. The fourth-order valence-electron chi connectivity index (χ4n) is 3.79. The lowest BCUT2D eigenvalue weighted by Gasteiger charge is -2.18. The molecule has 2 aromatic rings. The minimum absolute atomic E-state index is 0.0779. The second kappa shape index (κ2) is 16.4. The third-order valence-electron chi connectivity index (χ3n) is 5.83. The van der Waals surface area contributed by atoms with Crippen molar-refractivity contribution in [1.29, 1.82) is 0 Å². The van der Waals surface area contributed by atoms with Gasteiger partial charge in [-0.15, -0.1) is 5.11 Å². The highest BCUT2D eigenvalue weighted by Gasteiger charge is 2.10. The Morgan fingerprint density at radius 1 is 0.781 bits per heavy atom. The summed E-state index contributed by atoms with van der Waals surface area (Å²) in [5.41, 5.74) is 2.96. The van der Waals surface area contributed by atoms with Crippen molar-refractivity contribution in [3.05, 3.63) is 54.1 Å². The van der Waals surface area contributed by atoms with Gasteiger partial charge in [0.2, 0.25) is 0 Å². The van der Waals surface area contributed by atoms with E-state index in [0.29, 0.717) is 0 Å². The van der Waals surface area contributed by atoms with Crippen LogP contribution < -0.4 is 4.74 Å². The summed E-state index contributed by atoms with van der Waals surface area (Å²) in [6.07, 6.45) is 14.5. The van der Waals surface area contributed by atoms with Gasteiger partial charge in [-0.3, -0.25) is 0 Å². The highest BCUT2D eigenvalue weighted by atomic mass is 16.5. The lowest BCUT2D eigenvalue weighted by atomic mass is 10.0. The van der Waals surface area contributed by atoms with E-state index in [1.54, 1.807) is 0 Å². The zero-order valence-electron chi connectivity index (χ0n) is 20.1. The number of aliphatic hydroxyl groups is 1. The van der Waals surface area contributed by atoms with Crippen molar-refractivity contribution in [1.82, 2.24) is 0 Å². The van der Waals surface area contributed by atoms with Crippen LogP contribution in [0.4, 0.5) is 11.4 Å². The van der Waals surface area contributed by atoms with Crippen molar-refractivity contribution in [2.24, 2.45) is 10.2 Å². The van der Waals surface area contributed by atoms with Crippen LogP contribution in [0.3, 0.4) is 0 Å². The molecule has 0 amide bonds. The average Bonchev–Trinajstić information content (AvgIpc) is 2.83. The number of hydrogen-bond acceptors (Lipinski definition) is 4. The van der Waals surface area contributed by atoms with Gasteiger partial charge in [0.1, 0.15) is 11.4 Å². The molecule has 0 aliphatic rings. The van der Waals surface area contributed by atoms with Crippen LogP contribution >= 0.6 is 0 Å². The van der Waals surface area contributed by atoms with Crippen molar-refractivity contribution in [3.63, 3.8) is 0 Å². The van der Waals surface area contributed by atoms with E-state index in [9.17, 15) is 0 Å². The zero-order valence-corrected chi connectivity index (χ0v) is 20.1. The average molecular weight is 439 g/mol. The van der Waals surface area contributed by atoms with E-state index in [2.05, 4.69) is 36.2 Å². The summed E-state index contributed by atoms with van der Waals surface area (Å²) in [4.78, 5) is 0. The summed E-state index contributed by atoms with van der Waals surface area (Å²) in [5, 5.41) is 17.9. The van der Waals surface area contributed by atoms with Crippen molar-refractivity contribution in [2.75, 3.05) is 6.61 Å². The van der Waals surface area contributed by atoms with Crippen LogP contribution in [0.2, 0.25) is 0 Å². The van der Waals surface area contributed by atoms with Crippen molar-refractivity contribution in [3.8, 4) is 5.75 Å². The predicted octanol–water partition coefficient (Wildman–Crippen LogP) is 8.72. The van der Waals surface area contributed by atoms with Crippen LogP contribution in [-0.4, -0.2) is 17.8 Å². The number of hydrogen-bond donors (Lipinski definition) is 1. The predicted molar refractivity (Wildman–Crippen MR) is 134 cm³/mol. The normalized spacial score (nSPS) is 12.3. The van der Waals surface area contributed by atoms with E-state index in [1.807, 2.05) is 36.4 Å². The Labute approximate surface area is 195 Å². The zero-order chi connectivity index (χ0) is 22.9. The SMILES string of the molecule is CCCCCCCCCCc1ccc(N=Nc2ccccc2OC(CC)CCCO)cc1. The number of nitrogens with zero attached hydrogens (tertiary/aromatic N) is 2. The van der Waals surface area contributed by atoms with Gasteiger partial charge in [0.25, 0.3) is 0 Å². The first-order valence-corrected chi connectivity index (χ1v) is 12.6. The van der Waals surface area contributed by atoms with E-state index in [1.165, 1.54) is 56.9 Å². The second-order valence-electron chi connectivity index (χ2n) is 8.57. The molecular formula is C28H42N2O2.